The highest BCUT2D eigenvalue weighted by Crippen LogP contribution is 2.34. The Hall–Kier alpha value is -2.50. The second-order valence-electron chi connectivity index (χ2n) is 4.85. The number of halogens is 3. The molecule has 2 aromatic carbocycles. The van der Waals surface area contributed by atoms with Gasteiger partial charge in [-0.1, -0.05) is 17.7 Å². The lowest BCUT2D eigenvalue weighted by atomic mass is 10.2. The number of nitrogen functional groups attached to an aromatic ring is 1. The summed E-state index contributed by atoms with van der Waals surface area (Å²) in [5.74, 6) is -0.952. The van der Waals surface area contributed by atoms with Crippen molar-refractivity contribution in [3.05, 3.63) is 53.9 Å². The van der Waals surface area contributed by atoms with Crippen molar-refractivity contribution >= 4 is 16.7 Å². The van der Waals surface area contributed by atoms with Crippen LogP contribution in [0.1, 0.15) is 11.4 Å². The molecule has 0 bridgehead atoms. The molecule has 1 aromatic heterocycles. The summed E-state index contributed by atoms with van der Waals surface area (Å²) >= 11 is 0. The van der Waals surface area contributed by atoms with Crippen LogP contribution in [0.4, 0.5) is 18.9 Å². The van der Waals surface area contributed by atoms with Gasteiger partial charge in [0.05, 0.1) is 11.0 Å². The fourth-order valence-electron chi connectivity index (χ4n) is 2.24. The fraction of sp³-hybridized carbons (Fsp3) is 0.133. The molecule has 0 atom stereocenters. The monoisotopic (exact) mass is 291 g/mol. The number of fused-ring (bicyclic) bond motifs is 1. The number of benzene rings is 2. The number of hydrogen-bond acceptors (Lipinski definition) is 2. The molecule has 0 saturated carbocycles. The average molecular weight is 291 g/mol. The highest BCUT2D eigenvalue weighted by Gasteiger charge is 2.38. The molecule has 108 valence electrons. The Labute approximate surface area is 118 Å². The highest BCUT2D eigenvalue weighted by atomic mass is 19.4. The molecule has 0 spiro atoms. The minimum atomic E-state index is -4.54. The van der Waals surface area contributed by atoms with Gasteiger partial charge in [0, 0.05) is 11.4 Å². The van der Waals surface area contributed by atoms with E-state index in [1.54, 1.807) is 36.4 Å². The second kappa shape index (κ2) is 4.51. The van der Waals surface area contributed by atoms with Crippen molar-refractivity contribution < 1.29 is 13.2 Å². The van der Waals surface area contributed by atoms with Gasteiger partial charge >= 0.3 is 6.18 Å². The molecule has 1 heterocycles. The summed E-state index contributed by atoms with van der Waals surface area (Å²) in [5, 5.41) is 0. The van der Waals surface area contributed by atoms with Gasteiger partial charge in [-0.15, -0.1) is 0 Å². The molecule has 0 aliphatic carbocycles. The van der Waals surface area contributed by atoms with E-state index in [2.05, 4.69) is 4.98 Å². The molecule has 0 aliphatic rings. The van der Waals surface area contributed by atoms with Crippen LogP contribution < -0.4 is 5.73 Å². The number of aromatic nitrogens is 2. The number of anilines is 1. The van der Waals surface area contributed by atoms with Crippen molar-refractivity contribution in [3.63, 3.8) is 0 Å². The molecule has 0 saturated heterocycles. The molecule has 3 aromatic rings. The molecule has 0 aliphatic heterocycles. The van der Waals surface area contributed by atoms with Gasteiger partial charge in [0.1, 0.15) is 0 Å². The molecule has 6 heteroatoms. The first-order chi connectivity index (χ1) is 9.86. The van der Waals surface area contributed by atoms with Gasteiger partial charge in [0.2, 0.25) is 5.82 Å². The third-order valence-corrected chi connectivity index (χ3v) is 3.22. The van der Waals surface area contributed by atoms with E-state index in [0.29, 0.717) is 16.9 Å². The molecular formula is C15H12F3N3. The van der Waals surface area contributed by atoms with Gasteiger partial charge in [-0.05, 0) is 37.3 Å². The predicted molar refractivity (Wildman–Crippen MR) is 75.2 cm³/mol. The van der Waals surface area contributed by atoms with Crippen LogP contribution in [-0.4, -0.2) is 9.55 Å². The van der Waals surface area contributed by atoms with Gasteiger partial charge in [-0.2, -0.15) is 13.2 Å². The summed E-state index contributed by atoms with van der Waals surface area (Å²) in [6, 6.07) is 11.4. The number of alkyl halides is 3. The SMILES string of the molecule is Cc1ccc(-n2c(C(F)(F)F)nc3cc(N)ccc32)cc1. The first kappa shape index (κ1) is 13.5. The minimum Gasteiger partial charge on any atom is -0.399 e. The van der Waals surface area contributed by atoms with Crippen LogP contribution in [0.2, 0.25) is 0 Å². The zero-order valence-electron chi connectivity index (χ0n) is 11.1. The smallest absolute Gasteiger partial charge is 0.399 e. The minimum absolute atomic E-state index is 0.225. The normalized spacial score (nSPS) is 12.0. The highest BCUT2D eigenvalue weighted by molar-refractivity contribution is 5.81. The number of rotatable bonds is 1. The van der Waals surface area contributed by atoms with Crippen LogP contribution in [0.25, 0.3) is 16.7 Å². The standard InChI is InChI=1S/C15H12F3N3/c1-9-2-5-11(6-3-9)21-13-7-4-10(19)8-12(13)20-14(21)15(16,17)18/h2-8H,19H2,1H3. The Bertz CT molecular complexity index is 801. The molecular weight excluding hydrogens is 279 g/mol. The van der Waals surface area contributed by atoms with E-state index in [4.69, 9.17) is 5.73 Å². The maximum Gasteiger partial charge on any atom is 0.450 e. The first-order valence-electron chi connectivity index (χ1n) is 6.28. The van der Waals surface area contributed by atoms with Gasteiger partial charge in [0.15, 0.2) is 0 Å². The third kappa shape index (κ3) is 2.33. The van der Waals surface area contributed by atoms with Crippen molar-refractivity contribution in [1.82, 2.24) is 9.55 Å². The Balaban J connectivity index is 2.35. The maximum atomic E-state index is 13.2. The lowest BCUT2D eigenvalue weighted by Crippen LogP contribution is -2.13. The fourth-order valence-corrected chi connectivity index (χ4v) is 2.24. The number of imidazole rings is 1. The Kier molecular flexibility index (Phi) is 2.90. The molecule has 21 heavy (non-hydrogen) atoms. The van der Waals surface area contributed by atoms with Gasteiger partial charge in [-0.3, -0.25) is 4.57 Å². The summed E-state index contributed by atoms with van der Waals surface area (Å²) in [6.07, 6.45) is -4.54. The number of nitrogens with two attached hydrogens (primary N) is 1. The van der Waals surface area contributed by atoms with Crippen LogP contribution >= 0.6 is 0 Å². The number of nitrogens with zero attached hydrogens (tertiary/aromatic N) is 2. The third-order valence-electron chi connectivity index (χ3n) is 3.22. The van der Waals surface area contributed by atoms with Crippen molar-refractivity contribution in [2.45, 2.75) is 13.1 Å². The van der Waals surface area contributed by atoms with Crippen molar-refractivity contribution in [1.29, 1.82) is 0 Å². The van der Waals surface area contributed by atoms with E-state index in [0.717, 1.165) is 10.1 Å². The zero-order valence-corrected chi connectivity index (χ0v) is 11.1. The molecule has 2 N–H and O–H groups in total. The molecule has 0 fully saturated rings. The molecule has 0 amide bonds. The van der Waals surface area contributed by atoms with Crippen LogP contribution in [-0.2, 0) is 6.18 Å². The van der Waals surface area contributed by atoms with E-state index < -0.39 is 12.0 Å². The molecule has 0 unspecified atom stereocenters. The number of hydrogen-bond donors (Lipinski definition) is 1. The lowest BCUT2D eigenvalue weighted by Gasteiger charge is -2.11. The van der Waals surface area contributed by atoms with Crippen molar-refractivity contribution in [2.75, 3.05) is 5.73 Å². The van der Waals surface area contributed by atoms with Gasteiger partial charge in [-0.25, -0.2) is 4.98 Å². The van der Waals surface area contributed by atoms with Gasteiger partial charge < -0.3 is 5.73 Å². The zero-order chi connectivity index (χ0) is 15.2. The number of aryl methyl sites for hydroxylation is 1. The van der Waals surface area contributed by atoms with E-state index >= 15 is 0 Å². The molecule has 0 radical (unpaired) electrons. The van der Waals surface area contributed by atoms with Crippen molar-refractivity contribution in [2.24, 2.45) is 0 Å². The van der Waals surface area contributed by atoms with Gasteiger partial charge in [0.25, 0.3) is 0 Å². The summed E-state index contributed by atoms with van der Waals surface area (Å²) in [5.41, 5.74) is 7.99. The van der Waals surface area contributed by atoms with Crippen LogP contribution in [0.5, 0.6) is 0 Å². The van der Waals surface area contributed by atoms with Crippen molar-refractivity contribution in [3.8, 4) is 5.69 Å². The first-order valence-corrected chi connectivity index (χ1v) is 6.28. The largest absolute Gasteiger partial charge is 0.450 e. The van der Waals surface area contributed by atoms with Crippen LogP contribution in [0.15, 0.2) is 42.5 Å². The van der Waals surface area contributed by atoms with Crippen LogP contribution in [0.3, 0.4) is 0 Å². The van der Waals surface area contributed by atoms with E-state index in [9.17, 15) is 13.2 Å². The van der Waals surface area contributed by atoms with Crippen LogP contribution in [0, 0.1) is 6.92 Å². The summed E-state index contributed by atoms with van der Waals surface area (Å²) in [7, 11) is 0. The average Bonchev–Trinajstić information content (AvgIpc) is 2.78. The summed E-state index contributed by atoms with van der Waals surface area (Å²) in [6.45, 7) is 1.88. The Morgan fingerprint density at radius 3 is 2.33 bits per heavy atom. The summed E-state index contributed by atoms with van der Waals surface area (Å²) in [4.78, 5) is 3.70. The molecule has 3 nitrogen and oxygen atoms in total. The lowest BCUT2D eigenvalue weighted by molar-refractivity contribution is -0.145. The second-order valence-corrected chi connectivity index (χ2v) is 4.85. The Morgan fingerprint density at radius 1 is 1.05 bits per heavy atom. The molecule has 3 rings (SSSR count). The Morgan fingerprint density at radius 2 is 1.71 bits per heavy atom. The topological polar surface area (TPSA) is 43.8 Å². The van der Waals surface area contributed by atoms with E-state index in [1.165, 1.54) is 6.07 Å². The predicted octanol–water partition coefficient (Wildman–Crippen LogP) is 3.93. The maximum absolute atomic E-state index is 13.2. The van der Waals surface area contributed by atoms with E-state index in [1.807, 2.05) is 6.92 Å². The quantitative estimate of drug-likeness (QED) is 0.690. The van der Waals surface area contributed by atoms with E-state index in [-0.39, 0.29) is 5.52 Å². The summed E-state index contributed by atoms with van der Waals surface area (Å²) < 4.78 is 40.8.